The molecule has 2 atom stereocenters. The van der Waals surface area contributed by atoms with Crippen LogP contribution < -0.4 is 10.1 Å². The van der Waals surface area contributed by atoms with E-state index in [1.165, 1.54) is 0 Å². The molecule has 2 unspecified atom stereocenters. The Labute approximate surface area is 157 Å². The number of hydrogen-bond donors (Lipinski definition) is 2. The van der Waals surface area contributed by atoms with Crippen molar-refractivity contribution in [3.8, 4) is 17.1 Å². The molecule has 0 spiro atoms. The summed E-state index contributed by atoms with van der Waals surface area (Å²) in [4.78, 5) is 19.2. The standard InChI is InChI=1S/C19H23N5O3/c1-12(6-8-20-11-25)27-14-4-5-16-15(10-14)18(24-23-16)17-7-9-21-19(22-17)13(2)26-3/h4-5,7,9-13H,6,8H2,1-3H3,(H,20,25)(H,23,24). The first-order chi connectivity index (χ1) is 13.1. The van der Waals surface area contributed by atoms with Crippen molar-refractivity contribution in [1.82, 2.24) is 25.5 Å². The van der Waals surface area contributed by atoms with Gasteiger partial charge in [-0.25, -0.2) is 9.97 Å². The zero-order valence-electron chi connectivity index (χ0n) is 15.6. The molecule has 8 heteroatoms. The molecule has 1 aromatic carbocycles. The second-order valence-corrected chi connectivity index (χ2v) is 6.25. The van der Waals surface area contributed by atoms with Crippen LogP contribution in [-0.4, -0.2) is 46.3 Å². The van der Waals surface area contributed by atoms with Crippen LogP contribution in [0.5, 0.6) is 5.75 Å². The number of fused-ring (bicyclic) bond motifs is 1. The first kappa shape index (κ1) is 18.8. The number of nitrogens with zero attached hydrogens (tertiary/aromatic N) is 3. The number of carbonyl (C=O) groups is 1. The fourth-order valence-corrected chi connectivity index (χ4v) is 2.71. The molecule has 0 aliphatic heterocycles. The highest BCUT2D eigenvalue weighted by molar-refractivity contribution is 5.92. The van der Waals surface area contributed by atoms with Crippen molar-refractivity contribution >= 4 is 17.3 Å². The van der Waals surface area contributed by atoms with Crippen LogP contribution in [0.2, 0.25) is 0 Å². The molecule has 0 radical (unpaired) electrons. The van der Waals surface area contributed by atoms with E-state index < -0.39 is 0 Å². The van der Waals surface area contributed by atoms with Gasteiger partial charge in [-0.15, -0.1) is 0 Å². The number of carbonyl (C=O) groups excluding carboxylic acids is 1. The Hall–Kier alpha value is -3.00. The highest BCUT2D eigenvalue weighted by Crippen LogP contribution is 2.29. The Kier molecular flexibility index (Phi) is 5.97. The van der Waals surface area contributed by atoms with Gasteiger partial charge in [0.05, 0.1) is 17.3 Å². The van der Waals surface area contributed by atoms with Gasteiger partial charge in [0.1, 0.15) is 17.5 Å². The maximum absolute atomic E-state index is 10.3. The number of amides is 1. The monoisotopic (exact) mass is 369 g/mol. The molecule has 0 saturated carbocycles. The Bertz CT molecular complexity index is 911. The van der Waals surface area contributed by atoms with Crippen LogP contribution in [0.15, 0.2) is 30.5 Å². The van der Waals surface area contributed by atoms with Crippen LogP contribution in [-0.2, 0) is 9.53 Å². The van der Waals surface area contributed by atoms with E-state index in [2.05, 4.69) is 25.5 Å². The lowest BCUT2D eigenvalue weighted by atomic mass is 10.1. The molecule has 0 saturated heterocycles. The number of benzene rings is 1. The van der Waals surface area contributed by atoms with Gasteiger partial charge < -0.3 is 14.8 Å². The summed E-state index contributed by atoms with van der Waals surface area (Å²) in [6.07, 6.45) is 2.89. The van der Waals surface area contributed by atoms with Gasteiger partial charge in [0, 0.05) is 31.7 Å². The number of methoxy groups -OCH3 is 1. The molecule has 0 bridgehead atoms. The SMILES string of the molecule is COC(C)c1nccc(-c2n[nH]c3ccc(OC(C)CCNC=O)cc23)n1. The molecule has 8 nitrogen and oxygen atoms in total. The van der Waals surface area contributed by atoms with Crippen LogP contribution in [0.3, 0.4) is 0 Å². The molecule has 2 heterocycles. The maximum atomic E-state index is 10.3. The predicted octanol–water partition coefficient (Wildman–Crippen LogP) is 2.63. The lowest BCUT2D eigenvalue weighted by Crippen LogP contribution is -2.21. The van der Waals surface area contributed by atoms with Gasteiger partial charge in [-0.05, 0) is 38.1 Å². The summed E-state index contributed by atoms with van der Waals surface area (Å²) in [5.41, 5.74) is 2.35. The summed E-state index contributed by atoms with van der Waals surface area (Å²) in [6, 6.07) is 7.59. The van der Waals surface area contributed by atoms with Gasteiger partial charge in [-0.3, -0.25) is 9.89 Å². The third-order valence-corrected chi connectivity index (χ3v) is 4.28. The van der Waals surface area contributed by atoms with Crippen LogP contribution in [0, 0.1) is 0 Å². The minimum Gasteiger partial charge on any atom is -0.491 e. The van der Waals surface area contributed by atoms with E-state index in [0.717, 1.165) is 34.5 Å². The van der Waals surface area contributed by atoms with E-state index in [1.807, 2.05) is 38.1 Å². The van der Waals surface area contributed by atoms with Crippen molar-refractivity contribution in [2.45, 2.75) is 32.5 Å². The molecule has 27 heavy (non-hydrogen) atoms. The highest BCUT2D eigenvalue weighted by atomic mass is 16.5. The summed E-state index contributed by atoms with van der Waals surface area (Å²) in [7, 11) is 1.63. The minimum absolute atomic E-state index is 0.0292. The molecule has 2 N–H and O–H groups in total. The quantitative estimate of drug-likeness (QED) is 0.444. The molecule has 142 valence electrons. The van der Waals surface area contributed by atoms with Crippen LogP contribution >= 0.6 is 0 Å². The van der Waals surface area contributed by atoms with Gasteiger partial charge in [0.15, 0.2) is 5.82 Å². The zero-order valence-corrected chi connectivity index (χ0v) is 15.6. The summed E-state index contributed by atoms with van der Waals surface area (Å²) in [5, 5.41) is 11.0. The molecule has 0 fully saturated rings. The van der Waals surface area contributed by atoms with E-state index in [-0.39, 0.29) is 12.2 Å². The number of hydrogen-bond acceptors (Lipinski definition) is 6. The van der Waals surface area contributed by atoms with Crippen LogP contribution in [0.4, 0.5) is 0 Å². The Balaban J connectivity index is 1.86. The average molecular weight is 369 g/mol. The lowest BCUT2D eigenvalue weighted by molar-refractivity contribution is -0.109. The topological polar surface area (TPSA) is 102 Å². The third kappa shape index (κ3) is 4.40. The van der Waals surface area contributed by atoms with E-state index in [0.29, 0.717) is 18.8 Å². The Morgan fingerprint density at radius 1 is 1.30 bits per heavy atom. The number of ether oxygens (including phenoxy) is 2. The van der Waals surface area contributed by atoms with E-state index in [1.54, 1.807) is 13.3 Å². The van der Waals surface area contributed by atoms with Gasteiger partial charge in [0.25, 0.3) is 0 Å². The molecule has 0 aliphatic carbocycles. The molecule has 2 aromatic heterocycles. The Morgan fingerprint density at radius 3 is 2.93 bits per heavy atom. The van der Waals surface area contributed by atoms with Crippen molar-refractivity contribution in [3.63, 3.8) is 0 Å². The normalized spacial score (nSPS) is 13.3. The van der Waals surface area contributed by atoms with E-state index >= 15 is 0 Å². The van der Waals surface area contributed by atoms with Gasteiger partial charge in [0.2, 0.25) is 6.41 Å². The largest absolute Gasteiger partial charge is 0.491 e. The van der Waals surface area contributed by atoms with E-state index in [9.17, 15) is 4.79 Å². The van der Waals surface area contributed by atoms with Gasteiger partial charge >= 0.3 is 0 Å². The molecule has 3 rings (SSSR count). The molecule has 1 amide bonds. The zero-order chi connectivity index (χ0) is 19.2. The highest BCUT2D eigenvalue weighted by Gasteiger charge is 2.14. The second kappa shape index (κ2) is 8.59. The lowest BCUT2D eigenvalue weighted by Gasteiger charge is -2.14. The van der Waals surface area contributed by atoms with Crippen LogP contribution in [0.1, 0.15) is 32.2 Å². The summed E-state index contributed by atoms with van der Waals surface area (Å²) in [5.74, 6) is 1.35. The van der Waals surface area contributed by atoms with E-state index in [4.69, 9.17) is 9.47 Å². The number of nitrogens with one attached hydrogen (secondary N) is 2. The minimum atomic E-state index is -0.199. The van der Waals surface area contributed by atoms with Gasteiger partial charge in [-0.2, -0.15) is 5.10 Å². The van der Waals surface area contributed by atoms with Crippen molar-refractivity contribution in [2.24, 2.45) is 0 Å². The van der Waals surface area contributed by atoms with Crippen molar-refractivity contribution in [1.29, 1.82) is 0 Å². The fraction of sp³-hybridized carbons (Fsp3) is 0.368. The number of aromatic amines is 1. The number of H-pyrrole nitrogens is 1. The molecule has 3 aromatic rings. The van der Waals surface area contributed by atoms with Gasteiger partial charge in [-0.1, -0.05) is 0 Å². The predicted molar refractivity (Wildman–Crippen MR) is 101 cm³/mol. The fourth-order valence-electron chi connectivity index (χ4n) is 2.71. The Morgan fingerprint density at radius 2 is 2.15 bits per heavy atom. The summed E-state index contributed by atoms with van der Waals surface area (Å²) >= 11 is 0. The first-order valence-corrected chi connectivity index (χ1v) is 8.80. The second-order valence-electron chi connectivity index (χ2n) is 6.25. The first-order valence-electron chi connectivity index (χ1n) is 8.80. The van der Waals surface area contributed by atoms with Crippen molar-refractivity contribution < 1.29 is 14.3 Å². The maximum Gasteiger partial charge on any atom is 0.207 e. The molecule has 0 aliphatic rings. The molecular weight excluding hydrogens is 346 g/mol. The summed E-state index contributed by atoms with van der Waals surface area (Å²) < 4.78 is 11.3. The van der Waals surface area contributed by atoms with Crippen LogP contribution in [0.25, 0.3) is 22.3 Å². The average Bonchev–Trinajstić information content (AvgIpc) is 3.11. The smallest absolute Gasteiger partial charge is 0.207 e. The molecular formula is C19H23N5O3. The van der Waals surface area contributed by atoms with Crippen molar-refractivity contribution in [2.75, 3.05) is 13.7 Å². The third-order valence-electron chi connectivity index (χ3n) is 4.28. The van der Waals surface area contributed by atoms with Crippen molar-refractivity contribution in [3.05, 3.63) is 36.3 Å². The summed E-state index contributed by atoms with van der Waals surface area (Å²) in [6.45, 7) is 4.44. The number of rotatable bonds is 9. The number of aromatic nitrogens is 4.